The van der Waals surface area contributed by atoms with Crippen LogP contribution in [0, 0.1) is 6.92 Å². The molecular formula is C18H26N2O3. The maximum absolute atomic E-state index is 12.3. The molecule has 0 radical (unpaired) electrons. The number of hydrogen-bond donors (Lipinski definition) is 2. The number of amides is 1. The van der Waals surface area contributed by atoms with E-state index in [1.165, 1.54) is 0 Å². The molecule has 1 amide bonds. The minimum Gasteiger partial charge on any atom is -0.490 e. The largest absolute Gasteiger partial charge is 0.490 e. The normalized spacial score (nSPS) is 22.6. The standard InChI is InChI=1S/C18H26N2O3/c1-13-12-14(20-18(21)16-4-2-3-9-19-16)5-6-17(13)23-15-7-10-22-11-8-15/h5-6,12,15-16,19H,2-4,7-11H2,1H3,(H,20,21). The van der Waals surface area contributed by atoms with Crippen molar-refractivity contribution in [3.8, 4) is 5.75 Å². The summed E-state index contributed by atoms with van der Waals surface area (Å²) in [7, 11) is 0. The number of hydrogen-bond acceptors (Lipinski definition) is 4. The second-order valence-electron chi connectivity index (χ2n) is 6.40. The number of nitrogens with one attached hydrogen (secondary N) is 2. The molecule has 2 fully saturated rings. The molecule has 2 saturated heterocycles. The lowest BCUT2D eigenvalue weighted by atomic mass is 10.0. The van der Waals surface area contributed by atoms with E-state index >= 15 is 0 Å². The highest BCUT2D eigenvalue weighted by Gasteiger charge is 2.21. The molecule has 0 spiro atoms. The smallest absolute Gasteiger partial charge is 0.241 e. The van der Waals surface area contributed by atoms with Gasteiger partial charge in [-0.2, -0.15) is 0 Å². The Hall–Kier alpha value is -1.59. The first kappa shape index (κ1) is 16.3. The summed E-state index contributed by atoms with van der Waals surface area (Å²) in [5.41, 5.74) is 1.88. The minimum atomic E-state index is -0.0674. The molecular weight excluding hydrogens is 292 g/mol. The number of carbonyl (C=O) groups is 1. The summed E-state index contributed by atoms with van der Waals surface area (Å²) in [6, 6.07) is 5.79. The lowest BCUT2D eigenvalue weighted by Gasteiger charge is -2.25. The first-order valence-electron chi connectivity index (χ1n) is 8.61. The monoisotopic (exact) mass is 318 g/mol. The van der Waals surface area contributed by atoms with E-state index < -0.39 is 0 Å². The van der Waals surface area contributed by atoms with Crippen molar-refractivity contribution in [2.75, 3.05) is 25.1 Å². The van der Waals surface area contributed by atoms with E-state index in [-0.39, 0.29) is 18.1 Å². The number of carbonyl (C=O) groups excluding carboxylic acids is 1. The van der Waals surface area contributed by atoms with Gasteiger partial charge in [-0.1, -0.05) is 6.42 Å². The zero-order valence-corrected chi connectivity index (χ0v) is 13.8. The summed E-state index contributed by atoms with van der Waals surface area (Å²) in [4.78, 5) is 12.3. The van der Waals surface area contributed by atoms with Gasteiger partial charge in [-0.05, 0) is 50.1 Å². The van der Waals surface area contributed by atoms with Gasteiger partial charge in [-0.15, -0.1) is 0 Å². The van der Waals surface area contributed by atoms with Gasteiger partial charge < -0.3 is 20.1 Å². The highest BCUT2D eigenvalue weighted by atomic mass is 16.5. The van der Waals surface area contributed by atoms with Crippen LogP contribution in [0.2, 0.25) is 0 Å². The first-order valence-corrected chi connectivity index (χ1v) is 8.61. The molecule has 5 heteroatoms. The molecule has 3 rings (SSSR count). The van der Waals surface area contributed by atoms with Crippen LogP contribution in [-0.4, -0.2) is 37.8 Å². The van der Waals surface area contributed by atoms with Gasteiger partial charge in [0.25, 0.3) is 0 Å². The Morgan fingerprint density at radius 1 is 1.26 bits per heavy atom. The van der Waals surface area contributed by atoms with E-state index in [0.29, 0.717) is 0 Å². The topological polar surface area (TPSA) is 59.6 Å². The van der Waals surface area contributed by atoms with Crippen LogP contribution >= 0.6 is 0 Å². The quantitative estimate of drug-likeness (QED) is 0.896. The third-order valence-corrected chi connectivity index (χ3v) is 4.53. The average Bonchev–Trinajstić information content (AvgIpc) is 2.59. The fourth-order valence-electron chi connectivity index (χ4n) is 3.14. The molecule has 2 aliphatic rings. The lowest BCUT2D eigenvalue weighted by molar-refractivity contribution is -0.118. The molecule has 1 aromatic carbocycles. The molecule has 126 valence electrons. The Morgan fingerprint density at radius 3 is 2.78 bits per heavy atom. The molecule has 2 aliphatic heterocycles. The van der Waals surface area contributed by atoms with Crippen LogP contribution in [0.1, 0.15) is 37.7 Å². The maximum atomic E-state index is 12.3. The summed E-state index contributed by atoms with van der Waals surface area (Å²) >= 11 is 0. The Balaban J connectivity index is 1.58. The summed E-state index contributed by atoms with van der Waals surface area (Å²) in [6.45, 7) is 4.48. The molecule has 1 atom stereocenters. The highest BCUT2D eigenvalue weighted by molar-refractivity contribution is 5.95. The molecule has 0 aromatic heterocycles. The van der Waals surface area contributed by atoms with E-state index in [9.17, 15) is 4.79 Å². The third-order valence-electron chi connectivity index (χ3n) is 4.53. The highest BCUT2D eigenvalue weighted by Crippen LogP contribution is 2.25. The second kappa shape index (κ2) is 7.79. The van der Waals surface area contributed by atoms with Gasteiger partial charge in [0.2, 0.25) is 5.91 Å². The Labute approximate surface area is 137 Å². The van der Waals surface area contributed by atoms with Crippen molar-refractivity contribution in [2.45, 2.75) is 51.2 Å². The minimum absolute atomic E-state index is 0.0576. The number of anilines is 1. The van der Waals surface area contributed by atoms with Crippen molar-refractivity contribution < 1.29 is 14.3 Å². The van der Waals surface area contributed by atoms with E-state index in [2.05, 4.69) is 10.6 Å². The second-order valence-corrected chi connectivity index (χ2v) is 6.40. The molecule has 2 N–H and O–H groups in total. The van der Waals surface area contributed by atoms with Gasteiger partial charge in [0.1, 0.15) is 11.9 Å². The third kappa shape index (κ3) is 4.45. The Bertz CT molecular complexity index is 535. The van der Waals surface area contributed by atoms with Crippen molar-refractivity contribution in [1.82, 2.24) is 5.32 Å². The van der Waals surface area contributed by atoms with Crippen LogP contribution in [0.4, 0.5) is 5.69 Å². The van der Waals surface area contributed by atoms with E-state index in [0.717, 1.165) is 68.9 Å². The lowest BCUT2D eigenvalue weighted by Crippen LogP contribution is -2.43. The summed E-state index contributed by atoms with van der Waals surface area (Å²) in [5, 5.41) is 6.28. The molecule has 2 heterocycles. The number of aryl methyl sites for hydroxylation is 1. The SMILES string of the molecule is Cc1cc(NC(=O)C2CCCCN2)ccc1OC1CCOCC1. The molecule has 5 nitrogen and oxygen atoms in total. The van der Waals surface area contributed by atoms with Crippen molar-refractivity contribution in [3.05, 3.63) is 23.8 Å². The summed E-state index contributed by atoms with van der Waals surface area (Å²) in [6.07, 6.45) is 5.28. The zero-order chi connectivity index (χ0) is 16.1. The van der Waals surface area contributed by atoms with Gasteiger partial charge >= 0.3 is 0 Å². The van der Waals surface area contributed by atoms with Crippen LogP contribution in [0.5, 0.6) is 5.75 Å². The maximum Gasteiger partial charge on any atom is 0.241 e. The predicted octanol–water partition coefficient (Wildman–Crippen LogP) is 2.63. The number of benzene rings is 1. The molecule has 0 saturated carbocycles. The van der Waals surface area contributed by atoms with Gasteiger partial charge in [0.05, 0.1) is 19.3 Å². The van der Waals surface area contributed by atoms with Crippen LogP contribution < -0.4 is 15.4 Å². The summed E-state index contributed by atoms with van der Waals surface area (Å²) < 4.78 is 11.4. The molecule has 0 aliphatic carbocycles. The zero-order valence-electron chi connectivity index (χ0n) is 13.8. The first-order chi connectivity index (χ1) is 11.2. The van der Waals surface area contributed by atoms with Crippen LogP contribution in [0.15, 0.2) is 18.2 Å². The van der Waals surface area contributed by atoms with Crippen LogP contribution in [-0.2, 0) is 9.53 Å². The van der Waals surface area contributed by atoms with E-state index in [4.69, 9.17) is 9.47 Å². The van der Waals surface area contributed by atoms with Gasteiger partial charge in [0, 0.05) is 18.5 Å². The molecule has 0 bridgehead atoms. The Morgan fingerprint density at radius 2 is 2.09 bits per heavy atom. The Kier molecular flexibility index (Phi) is 5.51. The van der Waals surface area contributed by atoms with Gasteiger partial charge in [-0.3, -0.25) is 4.79 Å². The van der Waals surface area contributed by atoms with Gasteiger partial charge in [-0.25, -0.2) is 0 Å². The fourth-order valence-corrected chi connectivity index (χ4v) is 3.14. The van der Waals surface area contributed by atoms with E-state index in [1.54, 1.807) is 0 Å². The van der Waals surface area contributed by atoms with Crippen molar-refractivity contribution in [1.29, 1.82) is 0 Å². The van der Waals surface area contributed by atoms with Crippen LogP contribution in [0.25, 0.3) is 0 Å². The van der Waals surface area contributed by atoms with Crippen molar-refractivity contribution in [3.63, 3.8) is 0 Å². The number of piperidine rings is 1. The van der Waals surface area contributed by atoms with Crippen molar-refractivity contribution in [2.24, 2.45) is 0 Å². The molecule has 23 heavy (non-hydrogen) atoms. The van der Waals surface area contributed by atoms with Crippen LogP contribution in [0.3, 0.4) is 0 Å². The fraction of sp³-hybridized carbons (Fsp3) is 0.611. The van der Waals surface area contributed by atoms with E-state index in [1.807, 2.05) is 25.1 Å². The average molecular weight is 318 g/mol. The molecule has 1 aromatic rings. The predicted molar refractivity (Wildman–Crippen MR) is 89.9 cm³/mol. The van der Waals surface area contributed by atoms with Crippen molar-refractivity contribution >= 4 is 11.6 Å². The summed E-state index contributed by atoms with van der Waals surface area (Å²) in [5.74, 6) is 0.952. The number of ether oxygens (including phenoxy) is 2. The number of rotatable bonds is 4. The molecule has 1 unspecified atom stereocenters. The van der Waals surface area contributed by atoms with Gasteiger partial charge in [0.15, 0.2) is 0 Å².